The van der Waals surface area contributed by atoms with E-state index in [2.05, 4.69) is 56.6 Å². The highest BCUT2D eigenvalue weighted by Crippen LogP contribution is 2.21. The quantitative estimate of drug-likeness (QED) is 0.769. The van der Waals surface area contributed by atoms with Gasteiger partial charge in [-0.2, -0.15) is 0 Å². The Morgan fingerprint density at radius 1 is 1.07 bits per heavy atom. The van der Waals surface area contributed by atoms with Gasteiger partial charge in [0.1, 0.15) is 5.82 Å². The van der Waals surface area contributed by atoms with Crippen LogP contribution in [0.1, 0.15) is 43.7 Å². The Bertz CT molecular complexity index is 827. The van der Waals surface area contributed by atoms with Gasteiger partial charge in [0.05, 0.1) is 0 Å². The number of anilines is 1. The molecule has 0 bridgehead atoms. The summed E-state index contributed by atoms with van der Waals surface area (Å²) in [5.41, 5.74) is 2.51. The third kappa shape index (κ3) is 5.30. The number of nitrogens with one attached hydrogen (secondary N) is 2. The van der Waals surface area contributed by atoms with Crippen LogP contribution in [0.2, 0.25) is 0 Å². The van der Waals surface area contributed by atoms with E-state index in [1.54, 1.807) is 0 Å². The molecular weight excluding hydrogens is 374 g/mol. The molecule has 30 heavy (non-hydrogen) atoms. The molecule has 0 spiro atoms. The molecule has 6 heteroatoms. The van der Waals surface area contributed by atoms with Crippen molar-refractivity contribution in [3.05, 3.63) is 59.8 Å². The first-order valence-electron chi connectivity index (χ1n) is 11.2. The molecule has 2 aliphatic heterocycles. The van der Waals surface area contributed by atoms with Crippen molar-refractivity contribution >= 4 is 11.8 Å². The maximum atomic E-state index is 12.5. The molecule has 2 aromatic rings. The van der Waals surface area contributed by atoms with E-state index in [0.29, 0.717) is 12.6 Å². The molecule has 3 heterocycles. The van der Waals surface area contributed by atoms with Crippen molar-refractivity contribution < 1.29 is 4.79 Å². The highest BCUT2D eigenvalue weighted by Gasteiger charge is 2.24. The van der Waals surface area contributed by atoms with Gasteiger partial charge in [-0.3, -0.25) is 4.90 Å². The molecule has 2 fully saturated rings. The van der Waals surface area contributed by atoms with E-state index in [9.17, 15) is 4.79 Å². The fraction of sp³-hybridized carbons (Fsp3) is 0.500. The van der Waals surface area contributed by atoms with Crippen molar-refractivity contribution in [2.24, 2.45) is 0 Å². The zero-order chi connectivity index (χ0) is 20.8. The molecule has 160 valence electrons. The summed E-state index contributed by atoms with van der Waals surface area (Å²) >= 11 is 0. The molecule has 4 rings (SSSR count). The number of likely N-dealkylation sites (tertiary alicyclic amines) is 1. The Morgan fingerprint density at radius 2 is 1.90 bits per heavy atom. The van der Waals surface area contributed by atoms with Gasteiger partial charge in [0.2, 0.25) is 0 Å². The zero-order valence-corrected chi connectivity index (χ0v) is 17.9. The molecule has 2 atom stereocenters. The number of carbonyl (C=O) groups is 1. The average Bonchev–Trinajstić information content (AvgIpc) is 3.24. The van der Waals surface area contributed by atoms with Crippen LogP contribution in [0.4, 0.5) is 10.6 Å². The van der Waals surface area contributed by atoms with Crippen LogP contribution < -0.4 is 15.5 Å². The number of aromatic nitrogens is 1. The fourth-order valence-electron chi connectivity index (χ4n) is 4.53. The van der Waals surface area contributed by atoms with Crippen molar-refractivity contribution in [2.75, 3.05) is 24.5 Å². The highest BCUT2D eigenvalue weighted by atomic mass is 16.2. The van der Waals surface area contributed by atoms with Crippen LogP contribution in [0, 0.1) is 0 Å². The van der Waals surface area contributed by atoms with Gasteiger partial charge in [-0.05, 0) is 56.0 Å². The number of amides is 2. The number of hydrogen-bond acceptors (Lipinski definition) is 4. The first-order valence-corrected chi connectivity index (χ1v) is 11.2. The molecule has 2 amide bonds. The molecular formula is C24H33N5O. The second-order valence-electron chi connectivity index (χ2n) is 8.53. The van der Waals surface area contributed by atoms with Crippen molar-refractivity contribution in [1.29, 1.82) is 0 Å². The maximum Gasteiger partial charge on any atom is 0.315 e. The Labute approximate surface area is 179 Å². The van der Waals surface area contributed by atoms with Gasteiger partial charge < -0.3 is 15.5 Å². The molecule has 2 unspecified atom stereocenters. The predicted octanol–water partition coefficient (Wildman–Crippen LogP) is 3.53. The average molecular weight is 408 g/mol. The van der Waals surface area contributed by atoms with E-state index in [1.807, 2.05) is 24.4 Å². The topological polar surface area (TPSA) is 60.5 Å². The van der Waals surface area contributed by atoms with Crippen LogP contribution >= 0.6 is 0 Å². The number of nitrogens with zero attached hydrogens (tertiary/aromatic N) is 3. The van der Waals surface area contributed by atoms with E-state index in [-0.39, 0.29) is 12.1 Å². The van der Waals surface area contributed by atoms with Crippen LogP contribution in [0.25, 0.3) is 0 Å². The smallest absolute Gasteiger partial charge is 0.315 e. The minimum Gasteiger partial charge on any atom is -0.354 e. The van der Waals surface area contributed by atoms with E-state index in [0.717, 1.165) is 38.4 Å². The maximum absolute atomic E-state index is 12.5. The van der Waals surface area contributed by atoms with Gasteiger partial charge in [0.25, 0.3) is 0 Å². The lowest BCUT2D eigenvalue weighted by molar-refractivity contribution is 0.152. The summed E-state index contributed by atoms with van der Waals surface area (Å²) in [6.45, 7) is 6.72. The van der Waals surface area contributed by atoms with Crippen LogP contribution in [0.15, 0.2) is 48.7 Å². The lowest BCUT2D eigenvalue weighted by atomic mass is 10.0. The number of pyridine rings is 1. The Morgan fingerprint density at radius 3 is 2.70 bits per heavy atom. The molecule has 1 aromatic carbocycles. The Kier molecular flexibility index (Phi) is 6.84. The van der Waals surface area contributed by atoms with E-state index >= 15 is 0 Å². The Balaban J connectivity index is 1.27. The molecule has 0 saturated carbocycles. The molecule has 6 nitrogen and oxygen atoms in total. The van der Waals surface area contributed by atoms with E-state index in [1.165, 1.54) is 30.4 Å². The first-order chi connectivity index (χ1) is 14.7. The summed E-state index contributed by atoms with van der Waals surface area (Å²) < 4.78 is 0. The Hall–Kier alpha value is -2.60. The third-order valence-corrected chi connectivity index (χ3v) is 6.37. The number of rotatable bonds is 6. The normalized spacial score (nSPS) is 22.1. The van der Waals surface area contributed by atoms with Gasteiger partial charge >= 0.3 is 6.03 Å². The van der Waals surface area contributed by atoms with Gasteiger partial charge in [0.15, 0.2) is 0 Å². The number of urea groups is 1. The summed E-state index contributed by atoms with van der Waals surface area (Å²) in [6.07, 6.45) is 6.64. The fourth-order valence-corrected chi connectivity index (χ4v) is 4.53. The standard InChI is InChI=1S/C24H33N5O/c1-19-8-5-7-14-28(19)17-21-10-3-2-9-20(21)16-26-24(30)27-22-12-15-29(18-22)23-11-4-6-13-25-23/h2-4,6,9-11,13,19,22H,5,7-8,12,14-18H2,1H3,(H2,26,27,30). The number of benzene rings is 1. The predicted molar refractivity (Wildman–Crippen MR) is 120 cm³/mol. The zero-order valence-electron chi connectivity index (χ0n) is 17.9. The van der Waals surface area contributed by atoms with Gasteiger partial charge in [-0.25, -0.2) is 9.78 Å². The lowest BCUT2D eigenvalue weighted by Gasteiger charge is -2.33. The van der Waals surface area contributed by atoms with Crippen molar-refractivity contribution in [3.63, 3.8) is 0 Å². The second kappa shape index (κ2) is 9.94. The van der Waals surface area contributed by atoms with Gasteiger partial charge in [0, 0.05) is 44.5 Å². The summed E-state index contributed by atoms with van der Waals surface area (Å²) in [7, 11) is 0. The second-order valence-corrected chi connectivity index (χ2v) is 8.53. The van der Waals surface area contributed by atoms with Crippen molar-refractivity contribution in [3.8, 4) is 0 Å². The van der Waals surface area contributed by atoms with E-state index < -0.39 is 0 Å². The monoisotopic (exact) mass is 407 g/mol. The van der Waals surface area contributed by atoms with E-state index in [4.69, 9.17) is 0 Å². The van der Waals surface area contributed by atoms with Gasteiger partial charge in [-0.15, -0.1) is 0 Å². The van der Waals surface area contributed by atoms with Gasteiger partial charge in [-0.1, -0.05) is 36.8 Å². The third-order valence-electron chi connectivity index (χ3n) is 6.37. The summed E-state index contributed by atoms with van der Waals surface area (Å²) in [5.74, 6) is 0.975. The highest BCUT2D eigenvalue weighted by molar-refractivity contribution is 5.74. The first kappa shape index (κ1) is 20.7. The summed E-state index contributed by atoms with van der Waals surface area (Å²) in [4.78, 5) is 21.7. The van der Waals surface area contributed by atoms with Crippen LogP contribution in [-0.2, 0) is 13.1 Å². The lowest BCUT2D eigenvalue weighted by Crippen LogP contribution is -2.43. The largest absolute Gasteiger partial charge is 0.354 e. The van der Waals surface area contributed by atoms with Crippen molar-refractivity contribution in [2.45, 2.75) is 57.8 Å². The number of hydrogen-bond donors (Lipinski definition) is 2. The summed E-state index contributed by atoms with van der Waals surface area (Å²) in [5, 5.41) is 6.19. The van der Waals surface area contributed by atoms with Crippen LogP contribution in [0.5, 0.6) is 0 Å². The number of carbonyl (C=O) groups excluding carboxylic acids is 1. The minimum atomic E-state index is -0.0935. The van der Waals surface area contributed by atoms with Crippen LogP contribution in [0.3, 0.4) is 0 Å². The summed E-state index contributed by atoms with van der Waals surface area (Å²) in [6, 6.07) is 15.1. The molecule has 2 aliphatic rings. The van der Waals surface area contributed by atoms with Crippen molar-refractivity contribution in [1.82, 2.24) is 20.5 Å². The molecule has 0 aliphatic carbocycles. The molecule has 2 N–H and O–H groups in total. The number of piperidine rings is 1. The van der Waals surface area contributed by atoms with Crippen LogP contribution in [-0.4, -0.2) is 47.6 Å². The SMILES string of the molecule is CC1CCCCN1Cc1ccccc1CNC(=O)NC1CCN(c2ccccn2)C1. The molecule has 0 radical (unpaired) electrons. The molecule has 1 aromatic heterocycles. The molecule has 2 saturated heterocycles. The minimum absolute atomic E-state index is 0.0935.